The number of hydrogen-bond donors (Lipinski definition) is 2. The van der Waals surface area contributed by atoms with E-state index in [4.69, 9.17) is 10.5 Å². The summed E-state index contributed by atoms with van der Waals surface area (Å²) in [4.78, 5) is 12.5. The van der Waals surface area contributed by atoms with Crippen LogP contribution in [0, 0.1) is 5.92 Å². The Kier molecular flexibility index (Phi) is 9.00. The molecule has 0 heterocycles. The quantitative estimate of drug-likeness (QED) is 0.665. The Morgan fingerprint density at radius 3 is 2.42 bits per heavy atom. The van der Waals surface area contributed by atoms with Crippen LogP contribution < -0.4 is 15.8 Å². The van der Waals surface area contributed by atoms with Crippen molar-refractivity contribution in [2.75, 3.05) is 12.8 Å². The van der Waals surface area contributed by atoms with Crippen LogP contribution in [0.1, 0.15) is 43.9 Å². The lowest BCUT2D eigenvalue weighted by Crippen LogP contribution is -2.30. The molecule has 0 saturated carbocycles. The molecule has 4 nitrogen and oxygen atoms in total. The van der Waals surface area contributed by atoms with Gasteiger partial charge in [0, 0.05) is 17.7 Å². The van der Waals surface area contributed by atoms with E-state index in [-0.39, 0.29) is 24.4 Å². The highest BCUT2D eigenvalue weighted by atomic mass is 35.5. The highest BCUT2D eigenvalue weighted by molar-refractivity contribution is 5.85. The summed E-state index contributed by atoms with van der Waals surface area (Å²) in [6.07, 6.45) is 1.91. The topological polar surface area (TPSA) is 64.3 Å². The van der Waals surface area contributed by atoms with Gasteiger partial charge in [0.05, 0.1) is 13.2 Å². The van der Waals surface area contributed by atoms with Crippen LogP contribution in [0.15, 0.2) is 48.5 Å². The van der Waals surface area contributed by atoms with E-state index in [2.05, 4.69) is 19.2 Å². The fraction of sp³-hybridized carbons (Fsp3) is 0.381. The summed E-state index contributed by atoms with van der Waals surface area (Å²) >= 11 is 0. The maximum absolute atomic E-state index is 12.5. The molecule has 0 radical (unpaired) electrons. The van der Waals surface area contributed by atoms with E-state index in [0.29, 0.717) is 18.8 Å². The monoisotopic (exact) mass is 376 g/mol. The van der Waals surface area contributed by atoms with Crippen LogP contribution in [-0.4, -0.2) is 13.0 Å². The third-order valence-electron chi connectivity index (χ3n) is 4.23. The molecule has 2 aromatic rings. The van der Waals surface area contributed by atoms with E-state index in [1.807, 2.05) is 48.5 Å². The van der Waals surface area contributed by atoms with Gasteiger partial charge < -0.3 is 15.8 Å². The van der Waals surface area contributed by atoms with Gasteiger partial charge in [-0.15, -0.1) is 12.4 Å². The molecule has 5 heteroatoms. The Labute approximate surface area is 162 Å². The van der Waals surface area contributed by atoms with E-state index in [1.165, 1.54) is 0 Å². The summed E-state index contributed by atoms with van der Waals surface area (Å²) in [6, 6.07) is 15.5. The third kappa shape index (κ3) is 6.26. The van der Waals surface area contributed by atoms with E-state index in [9.17, 15) is 4.79 Å². The average molecular weight is 377 g/mol. The van der Waals surface area contributed by atoms with E-state index < -0.39 is 0 Å². The van der Waals surface area contributed by atoms with Crippen LogP contribution in [-0.2, 0) is 11.2 Å². The lowest BCUT2D eigenvalue weighted by molar-refractivity contribution is -0.121. The molecule has 0 bridgehead atoms. The van der Waals surface area contributed by atoms with Gasteiger partial charge in [0.2, 0.25) is 5.91 Å². The van der Waals surface area contributed by atoms with Gasteiger partial charge in [-0.1, -0.05) is 50.2 Å². The Hall–Kier alpha value is -2.20. The minimum absolute atomic E-state index is 0. The zero-order valence-corrected chi connectivity index (χ0v) is 16.5. The van der Waals surface area contributed by atoms with Crippen LogP contribution in [0.4, 0.5) is 5.69 Å². The van der Waals surface area contributed by atoms with Crippen molar-refractivity contribution in [2.45, 2.75) is 39.2 Å². The van der Waals surface area contributed by atoms with Crippen LogP contribution in [0.5, 0.6) is 5.75 Å². The Balaban J connectivity index is 0.00000338. The molecule has 0 fully saturated rings. The summed E-state index contributed by atoms with van der Waals surface area (Å²) in [5.74, 6) is 1.29. The molecule has 0 aromatic heterocycles. The number of para-hydroxylation sites is 2. The minimum Gasteiger partial charge on any atom is -0.496 e. The first-order chi connectivity index (χ1) is 12.0. The number of anilines is 1. The van der Waals surface area contributed by atoms with Gasteiger partial charge in [0.1, 0.15) is 5.75 Å². The van der Waals surface area contributed by atoms with Crippen molar-refractivity contribution < 1.29 is 9.53 Å². The number of amides is 1. The number of methoxy groups -OCH3 is 1. The number of nitrogens with one attached hydrogen (secondary N) is 1. The Morgan fingerprint density at radius 2 is 1.77 bits per heavy atom. The Bertz CT molecular complexity index is 704. The molecule has 1 atom stereocenters. The molecular formula is C21H29ClN2O2. The maximum atomic E-state index is 12.5. The summed E-state index contributed by atoms with van der Waals surface area (Å²) in [5, 5.41) is 3.17. The summed E-state index contributed by atoms with van der Waals surface area (Å²) in [6.45, 7) is 4.30. The van der Waals surface area contributed by atoms with Gasteiger partial charge in [-0.3, -0.25) is 4.79 Å². The molecule has 0 saturated heterocycles. The predicted octanol–water partition coefficient (Wildman–Crippen LogP) is 4.54. The zero-order chi connectivity index (χ0) is 18.2. The van der Waals surface area contributed by atoms with Crippen molar-refractivity contribution in [1.82, 2.24) is 5.32 Å². The van der Waals surface area contributed by atoms with E-state index in [1.54, 1.807) is 7.11 Å². The number of hydrogen-bond acceptors (Lipinski definition) is 3. The smallest absolute Gasteiger partial charge is 0.220 e. The highest BCUT2D eigenvalue weighted by Crippen LogP contribution is 2.29. The van der Waals surface area contributed by atoms with Crippen molar-refractivity contribution in [3.05, 3.63) is 59.7 Å². The first-order valence-corrected chi connectivity index (χ1v) is 8.77. The van der Waals surface area contributed by atoms with Gasteiger partial charge in [-0.2, -0.15) is 0 Å². The van der Waals surface area contributed by atoms with Crippen LogP contribution in [0.25, 0.3) is 0 Å². The van der Waals surface area contributed by atoms with Crippen LogP contribution >= 0.6 is 12.4 Å². The number of carbonyl (C=O) groups is 1. The molecular weight excluding hydrogens is 348 g/mol. The van der Waals surface area contributed by atoms with E-state index >= 15 is 0 Å². The third-order valence-corrected chi connectivity index (χ3v) is 4.23. The molecule has 2 aromatic carbocycles. The number of nitrogen functional groups attached to an aromatic ring is 1. The number of rotatable bonds is 8. The lowest BCUT2D eigenvalue weighted by Gasteiger charge is -2.23. The molecule has 0 aliphatic heterocycles. The molecule has 1 amide bonds. The van der Waals surface area contributed by atoms with Gasteiger partial charge in [0.15, 0.2) is 0 Å². The van der Waals surface area contributed by atoms with Gasteiger partial charge >= 0.3 is 0 Å². The summed E-state index contributed by atoms with van der Waals surface area (Å²) in [5.41, 5.74) is 8.72. The number of aryl methyl sites for hydroxylation is 1. The second-order valence-corrected chi connectivity index (χ2v) is 6.69. The van der Waals surface area contributed by atoms with Crippen molar-refractivity contribution in [2.24, 2.45) is 5.92 Å². The molecule has 26 heavy (non-hydrogen) atoms. The number of ether oxygens (including phenoxy) is 1. The van der Waals surface area contributed by atoms with Crippen molar-refractivity contribution in [1.29, 1.82) is 0 Å². The van der Waals surface area contributed by atoms with Gasteiger partial charge in [-0.05, 0) is 36.5 Å². The highest BCUT2D eigenvalue weighted by Gasteiger charge is 2.19. The second-order valence-electron chi connectivity index (χ2n) is 6.69. The number of halogens is 1. The predicted molar refractivity (Wildman–Crippen MR) is 110 cm³/mol. The normalized spacial score (nSPS) is 11.5. The average Bonchev–Trinajstić information content (AvgIpc) is 2.60. The molecule has 1 unspecified atom stereocenters. The SMILES string of the molecule is COc1ccccc1C(CC(C)C)NC(=O)CCc1ccccc1N.Cl. The Morgan fingerprint density at radius 1 is 1.12 bits per heavy atom. The van der Waals surface area contributed by atoms with Crippen LogP contribution in [0.2, 0.25) is 0 Å². The molecule has 0 spiro atoms. The first kappa shape index (κ1) is 21.8. The lowest BCUT2D eigenvalue weighted by atomic mass is 9.96. The van der Waals surface area contributed by atoms with Crippen molar-refractivity contribution in [3.63, 3.8) is 0 Å². The number of carbonyl (C=O) groups excluding carboxylic acids is 1. The standard InChI is InChI=1S/C21H28N2O2.ClH/c1-15(2)14-19(17-9-5-7-11-20(17)25-3)23-21(24)13-12-16-8-4-6-10-18(16)22;/h4-11,15,19H,12-14,22H2,1-3H3,(H,23,24);1H. The molecule has 142 valence electrons. The summed E-state index contributed by atoms with van der Waals surface area (Å²) < 4.78 is 5.47. The number of nitrogens with two attached hydrogens (primary N) is 1. The molecule has 3 N–H and O–H groups in total. The number of benzene rings is 2. The fourth-order valence-corrected chi connectivity index (χ4v) is 2.97. The first-order valence-electron chi connectivity index (χ1n) is 8.77. The van der Waals surface area contributed by atoms with Crippen molar-refractivity contribution in [3.8, 4) is 5.75 Å². The fourth-order valence-electron chi connectivity index (χ4n) is 2.97. The maximum Gasteiger partial charge on any atom is 0.220 e. The summed E-state index contributed by atoms with van der Waals surface area (Å²) in [7, 11) is 1.66. The molecule has 2 rings (SSSR count). The van der Waals surface area contributed by atoms with Crippen molar-refractivity contribution >= 4 is 24.0 Å². The minimum atomic E-state index is -0.0585. The molecule has 0 aliphatic rings. The second kappa shape index (κ2) is 10.7. The largest absolute Gasteiger partial charge is 0.496 e. The van der Waals surface area contributed by atoms with Crippen LogP contribution in [0.3, 0.4) is 0 Å². The zero-order valence-electron chi connectivity index (χ0n) is 15.7. The van der Waals surface area contributed by atoms with Gasteiger partial charge in [-0.25, -0.2) is 0 Å². The van der Waals surface area contributed by atoms with Gasteiger partial charge in [0.25, 0.3) is 0 Å². The molecule has 0 aliphatic carbocycles. The van der Waals surface area contributed by atoms with E-state index in [0.717, 1.165) is 29.0 Å².